The van der Waals surface area contributed by atoms with Gasteiger partial charge in [-0.3, -0.25) is 0 Å². The van der Waals surface area contributed by atoms with Crippen LogP contribution >= 0.6 is 43.2 Å². The Morgan fingerprint density at radius 3 is 2.56 bits per heavy atom. The number of alkyl halides is 1. The summed E-state index contributed by atoms with van der Waals surface area (Å²) in [6.07, 6.45) is 0. The van der Waals surface area contributed by atoms with Crippen LogP contribution in [0.25, 0.3) is 0 Å². The van der Waals surface area contributed by atoms with Crippen LogP contribution in [-0.4, -0.2) is 4.98 Å². The van der Waals surface area contributed by atoms with Crippen molar-refractivity contribution in [2.75, 3.05) is 0 Å². The summed E-state index contributed by atoms with van der Waals surface area (Å²) in [5, 5.41) is 1.98. The molecule has 0 aliphatic carbocycles. The Hall–Kier alpha value is 0.590. The maximum Gasteiger partial charge on any atom is 0.120 e. The number of thiazole rings is 1. The molecule has 4 heteroatoms. The van der Waals surface area contributed by atoms with E-state index in [2.05, 4.69) is 36.8 Å². The Bertz CT molecular complexity index is 189. The second kappa shape index (κ2) is 3.12. The lowest BCUT2D eigenvalue weighted by atomic mass is 10.6. The zero-order valence-electron chi connectivity index (χ0n) is 4.82. The molecule has 9 heavy (non-hydrogen) atoms. The molecule has 0 saturated heterocycles. The van der Waals surface area contributed by atoms with Gasteiger partial charge in [0.05, 0.1) is 5.33 Å². The Morgan fingerprint density at radius 1 is 1.67 bits per heavy atom. The first kappa shape index (κ1) is 7.69. The molecule has 1 aromatic heterocycles. The quantitative estimate of drug-likeness (QED) is 0.715. The summed E-state index contributed by atoms with van der Waals surface area (Å²) in [4.78, 5) is 5.46. The van der Waals surface area contributed by atoms with Crippen LogP contribution in [0.4, 0.5) is 0 Å². The Kier molecular flexibility index (Phi) is 2.67. The molecule has 50 valence electrons. The molecule has 0 amide bonds. The van der Waals surface area contributed by atoms with Gasteiger partial charge in [-0.1, -0.05) is 15.9 Å². The molecule has 0 fully saturated rings. The summed E-state index contributed by atoms with van der Waals surface area (Å²) in [7, 11) is 0. The van der Waals surface area contributed by atoms with Crippen LogP contribution in [0, 0.1) is 6.92 Å². The Balaban J connectivity index is 2.98. The third kappa shape index (κ3) is 1.75. The number of aromatic nitrogens is 1. The third-order valence-corrected chi connectivity index (χ3v) is 3.81. The predicted molar refractivity (Wildman–Crippen MR) is 47.2 cm³/mol. The van der Waals surface area contributed by atoms with Gasteiger partial charge in [0.25, 0.3) is 0 Å². The van der Waals surface area contributed by atoms with E-state index in [0.29, 0.717) is 0 Å². The van der Waals surface area contributed by atoms with E-state index >= 15 is 0 Å². The van der Waals surface area contributed by atoms with Gasteiger partial charge in [0.1, 0.15) is 9.61 Å². The standard InChI is InChI=1S/C5H5Br2NS/c1-3-5(7)8-4(2-6)9-3/h2H2,1H3. The number of rotatable bonds is 1. The first-order valence-electron chi connectivity index (χ1n) is 2.42. The average Bonchev–Trinajstić information content (AvgIpc) is 2.13. The van der Waals surface area contributed by atoms with E-state index in [4.69, 9.17) is 0 Å². The van der Waals surface area contributed by atoms with E-state index in [1.54, 1.807) is 11.3 Å². The van der Waals surface area contributed by atoms with E-state index in [-0.39, 0.29) is 0 Å². The zero-order chi connectivity index (χ0) is 6.85. The van der Waals surface area contributed by atoms with Gasteiger partial charge >= 0.3 is 0 Å². The molecule has 0 aromatic carbocycles. The summed E-state index contributed by atoms with van der Waals surface area (Å²) >= 11 is 8.38. The third-order valence-electron chi connectivity index (χ3n) is 0.899. The lowest BCUT2D eigenvalue weighted by Crippen LogP contribution is -1.70. The van der Waals surface area contributed by atoms with Crippen LogP contribution in [0.2, 0.25) is 0 Å². The number of nitrogens with zero attached hydrogens (tertiary/aromatic N) is 1. The average molecular weight is 271 g/mol. The normalized spacial score (nSPS) is 10.1. The van der Waals surface area contributed by atoms with Crippen molar-refractivity contribution < 1.29 is 0 Å². The van der Waals surface area contributed by atoms with E-state index in [1.165, 1.54) is 4.88 Å². The second-order valence-corrected chi connectivity index (χ2v) is 4.19. The summed E-state index contributed by atoms with van der Waals surface area (Å²) in [5.41, 5.74) is 0. The summed E-state index contributed by atoms with van der Waals surface area (Å²) in [5.74, 6) is 0. The van der Waals surface area contributed by atoms with Crippen LogP contribution in [0.5, 0.6) is 0 Å². The van der Waals surface area contributed by atoms with Gasteiger partial charge in [-0.05, 0) is 22.9 Å². The van der Waals surface area contributed by atoms with Crippen LogP contribution in [0.3, 0.4) is 0 Å². The topological polar surface area (TPSA) is 12.9 Å². The van der Waals surface area contributed by atoms with E-state index in [0.717, 1.165) is 14.9 Å². The lowest BCUT2D eigenvalue weighted by Gasteiger charge is -1.77. The van der Waals surface area contributed by atoms with Crippen molar-refractivity contribution in [3.63, 3.8) is 0 Å². The van der Waals surface area contributed by atoms with Gasteiger partial charge in [0.15, 0.2) is 0 Å². The molecule has 0 bridgehead atoms. The summed E-state index contributed by atoms with van der Waals surface area (Å²) in [6.45, 7) is 2.05. The van der Waals surface area contributed by atoms with Gasteiger partial charge in [0.2, 0.25) is 0 Å². The van der Waals surface area contributed by atoms with Gasteiger partial charge < -0.3 is 0 Å². The van der Waals surface area contributed by atoms with E-state index < -0.39 is 0 Å². The molecule has 0 spiro atoms. The number of aryl methyl sites for hydroxylation is 1. The molecule has 0 atom stereocenters. The highest BCUT2D eigenvalue weighted by molar-refractivity contribution is 9.10. The fraction of sp³-hybridized carbons (Fsp3) is 0.400. The van der Waals surface area contributed by atoms with Crippen molar-refractivity contribution in [3.8, 4) is 0 Å². The first-order valence-corrected chi connectivity index (χ1v) is 5.15. The van der Waals surface area contributed by atoms with Crippen LogP contribution in [0.15, 0.2) is 4.60 Å². The van der Waals surface area contributed by atoms with Crippen molar-refractivity contribution in [1.29, 1.82) is 0 Å². The molecule has 0 radical (unpaired) electrons. The van der Waals surface area contributed by atoms with Crippen LogP contribution < -0.4 is 0 Å². The molecule has 1 rings (SSSR count). The van der Waals surface area contributed by atoms with E-state index in [9.17, 15) is 0 Å². The van der Waals surface area contributed by atoms with Gasteiger partial charge in [-0.25, -0.2) is 4.98 Å². The van der Waals surface area contributed by atoms with Gasteiger partial charge in [-0.15, -0.1) is 11.3 Å². The molecular formula is C5H5Br2NS. The monoisotopic (exact) mass is 269 g/mol. The molecule has 0 unspecified atom stereocenters. The van der Waals surface area contributed by atoms with Gasteiger partial charge in [-0.2, -0.15) is 0 Å². The SMILES string of the molecule is Cc1sc(CBr)nc1Br. The fourth-order valence-electron chi connectivity index (χ4n) is 0.487. The predicted octanol–water partition coefficient (Wildman–Crippen LogP) is 3.11. The molecular weight excluding hydrogens is 266 g/mol. The minimum atomic E-state index is 0.851. The minimum Gasteiger partial charge on any atom is -0.233 e. The molecule has 0 saturated carbocycles. The number of hydrogen-bond donors (Lipinski definition) is 0. The largest absolute Gasteiger partial charge is 0.233 e. The van der Waals surface area contributed by atoms with Crippen molar-refractivity contribution in [2.24, 2.45) is 0 Å². The molecule has 1 nitrogen and oxygen atoms in total. The Morgan fingerprint density at radius 2 is 2.33 bits per heavy atom. The van der Waals surface area contributed by atoms with Crippen LogP contribution in [0.1, 0.15) is 9.88 Å². The highest BCUT2D eigenvalue weighted by atomic mass is 79.9. The summed E-state index contributed by atoms with van der Waals surface area (Å²) < 4.78 is 0.974. The highest BCUT2D eigenvalue weighted by Crippen LogP contribution is 2.23. The van der Waals surface area contributed by atoms with Crippen LogP contribution in [-0.2, 0) is 5.33 Å². The maximum atomic E-state index is 4.22. The van der Waals surface area contributed by atoms with E-state index in [1.807, 2.05) is 6.92 Å². The van der Waals surface area contributed by atoms with Crippen molar-refractivity contribution in [1.82, 2.24) is 4.98 Å². The Labute approximate surface area is 74.8 Å². The molecule has 0 N–H and O–H groups in total. The highest BCUT2D eigenvalue weighted by Gasteiger charge is 2.01. The second-order valence-electron chi connectivity index (χ2n) is 1.59. The minimum absolute atomic E-state index is 0.851. The van der Waals surface area contributed by atoms with Crippen molar-refractivity contribution in [3.05, 3.63) is 14.5 Å². The van der Waals surface area contributed by atoms with Crippen molar-refractivity contribution >= 4 is 43.2 Å². The molecule has 1 heterocycles. The fourth-order valence-corrected chi connectivity index (χ4v) is 2.20. The van der Waals surface area contributed by atoms with Gasteiger partial charge in [0, 0.05) is 4.88 Å². The lowest BCUT2D eigenvalue weighted by molar-refractivity contribution is 1.23. The smallest absolute Gasteiger partial charge is 0.120 e. The summed E-state index contributed by atoms with van der Waals surface area (Å²) in [6, 6.07) is 0. The number of hydrogen-bond acceptors (Lipinski definition) is 2. The van der Waals surface area contributed by atoms with Crippen molar-refractivity contribution in [2.45, 2.75) is 12.3 Å². The zero-order valence-corrected chi connectivity index (χ0v) is 8.81. The molecule has 0 aliphatic rings. The molecule has 0 aliphatic heterocycles. The number of halogens is 2. The molecule has 1 aromatic rings. The first-order chi connectivity index (χ1) is 4.24. The maximum absolute atomic E-state index is 4.22.